The molecule has 0 radical (unpaired) electrons. The monoisotopic (exact) mass is 325 g/mol. The first kappa shape index (κ1) is 15.5. The van der Waals surface area contributed by atoms with Crippen LogP contribution in [0.3, 0.4) is 0 Å². The molecule has 0 aliphatic heterocycles. The van der Waals surface area contributed by atoms with Crippen molar-refractivity contribution in [3.8, 4) is 5.75 Å². The smallest absolute Gasteiger partial charge is 0.270 e. The number of anilines is 1. The van der Waals surface area contributed by atoms with Crippen LogP contribution in [0.1, 0.15) is 5.56 Å². The number of carbonyl (C=O) groups excluding carboxylic acids is 1. The Labute approximate surface area is 136 Å². The number of nitrogens with one attached hydrogen (secondary N) is 3. The van der Waals surface area contributed by atoms with Crippen LogP contribution in [0.4, 0.5) is 5.69 Å². The Kier molecular flexibility index (Phi) is 4.15. The first-order valence-electron chi connectivity index (χ1n) is 7.27. The number of rotatable bonds is 4. The Bertz CT molecular complexity index is 1020. The summed E-state index contributed by atoms with van der Waals surface area (Å²) in [7, 11) is 0. The predicted octanol–water partition coefficient (Wildman–Crippen LogP) is 1.54. The fourth-order valence-corrected chi connectivity index (χ4v) is 2.31. The van der Waals surface area contributed by atoms with Gasteiger partial charge in [0, 0.05) is 5.69 Å². The lowest BCUT2D eigenvalue weighted by Gasteiger charge is -2.09. The summed E-state index contributed by atoms with van der Waals surface area (Å²) >= 11 is 0. The fourth-order valence-electron chi connectivity index (χ4n) is 2.31. The van der Waals surface area contributed by atoms with E-state index >= 15 is 0 Å². The van der Waals surface area contributed by atoms with E-state index in [-0.39, 0.29) is 23.3 Å². The van der Waals surface area contributed by atoms with Gasteiger partial charge >= 0.3 is 0 Å². The van der Waals surface area contributed by atoms with Crippen molar-refractivity contribution in [2.45, 2.75) is 6.92 Å². The number of carbonyl (C=O) groups is 1. The zero-order valence-corrected chi connectivity index (χ0v) is 12.9. The van der Waals surface area contributed by atoms with E-state index in [2.05, 4.69) is 15.5 Å². The Morgan fingerprint density at radius 3 is 2.50 bits per heavy atom. The second-order valence-electron chi connectivity index (χ2n) is 5.27. The lowest BCUT2D eigenvalue weighted by atomic mass is 10.2. The summed E-state index contributed by atoms with van der Waals surface area (Å²) in [5.41, 5.74) is 0.515. The Hall–Kier alpha value is -3.35. The van der Waals surface area contributed by atoms with E-state index in [0.29, 0.717) is 11.4 Å². The SMILES string of the molecule is Cc1ccccc1OCC(=O)Nc1ccc2c(=O)[nH][nH]c(=O)c2c1. The molecule has 0 atom stereocenters. The molecule has 7 heteroatoms. The molecule has 0 spiro atoms. The largest absolute Gasteiger partial charge is 0.483 e. The first-order valence-corrected chi connectivity index (χ1v) is 7.27. The number of aryl methyl sites for hydroxylation is 1. The van der Waals surface area contributed by atoms with E-state index in [0.717, 1.165) is 5.56 Å². The minimum absolute atomic E-state index is 0.158. The van der Waals surface area contributed by atoms with Gasteiger partial charge in [-0.1, -0.05) is 18.2 Å². The maximum Gasteiger partial charge on any atom is 0.270 e. The minimum Gasteiger partial charge on any atom is -0.483 e. The molecule has 7 nitrogen and oxygen atoms in total. The van der Waals surface area contributed by atoms with Crippen molar-refractivity contribution in [3.63, 3.8) is 0 Å². The molecule has 2 aromatic carbocycles. The van der Waals surface area contributed by atoms with Gasteiger partial charge < -0.3 is 10.1 Å². The van der Waals surface area contributed by atoms with Crippen molar-refractivity contribution in [3.05, 3.63) is 68.7 Å². The van der Waals surface area contributed by atoms with Crippen LogP contribution in [0.2, 0.25) is 0 Å². The van der Waals surface area contributed by atoms with Gasteiger partial charge in [-0.15, -0.1) is 0 Å². The van der Waals surface area contributed by atoms with Gasteiger partial charge in [0.1, 0.15) is 5.75 Å². The average molecular weight is 325 g/mol. The van der Waals surface area contributed by atoms with Crippen LogP contribution in [0, 0.1) is 6.92 Å². The second kappa shape index (κ2) is 6.41. The van der Waals surface area contributed by atoms with Gasteiger partial charge in [-0.2, -0.15) is 0 Å². The minimum atomic E-state index is -0.433. The molecule has 0 aliphatic carbocycles. The number of hydrogen-bond donors (Lipinski definition) is 3. The summed E-state index contributed by atoms with van der Waals surface area (Å²) in [6.45, 7) is 1.73. The highest BCUT2D eigenvalue weighted by molar-refractivity contribution is 5.94. The molecule has 0 bridgehead atoms. The Morgan fingerprint density at radius 2 is 1.75 bits per heavy atom. The molecule has 0 saturated carbocycles. The summed E-state index contributed by atoms with van der Waals surface area (Å²) < 4.78 is 5.47. The quantitative estimate of drug-likeness (QED) is 0.677. The third kappa shape index (κ3) is 3.19. The molecular formula is C17H15N3O4. The van der Waals surface area contributed by atoms with Crippen LogP contribution in [-0.4, -0.2) is 22.7 Å². The Balaban J connectivity index is 1.74. The van der Waals surface area contributed by atoms with Crippen LogP contribution in [0.5, 0.6) is 5.75 Å². The summed E-state index contributed by atoms with van der Waals surface area (Å²) in [6.07, 6.45) is 0. The van der Waals surface area contributed by atoms with Gasteiger partial charge in [0.2, 0.25) is 0 Å². The van der Waals surface area contributed by atoms with Gasteiger partial charge in [0.05, 0.1) is 10.8 Å². The zero-order valence-electron chi connectivity index (χ0n) is 12.9. The van der Waals surface area contributed by atoms with Crippen LogP contribution < -0.4 is 21.2 Å². The van der Waals surface area contributed by atoms with Gasteiger partial charge in [0.15, 0.2) is 6.61 Å². The fraction of sp³-hybridized carbons (Fsp3) is 0.118. The maximum atomic E-state index is 12.0. The number of benzene rings is 2. The molecule has 1 aromatic heterocycles. The number of aromatic amines is 2. The number of hydrogen-bond acceptors (Lipinski definition) is 4. The van der Waals surface area contributed by atoms with Crippen molar-refractivity contribution in [2.75, 3.05) is 11.9 Å². The van der Waals surface area contributed by atoms with E-state index in [9.17, 15) is 14.4 Å². The number of aromatic nitrogens is 2. The van der Waals surface area contributed by atoms with Crippen molar-refractivity contribution in [1.82, 2.24) is 10.2 Å². The number of amides is 1. The normalized spacial score (nSPS) is 10.5. The van der Waals surface area contributed by atoms with Gasteiger partial charge in [0.25, 0.3) is 17.0 Å². The number of H-pyrrole nitrogens is 2. The van der Waals surface area contributed by atoms with Gasteiger partial charge in [-0.3, -0.25) is 24.6 Å². The third-order valence-electron chi connectivity index (χ3n) is 3.53. The lowest BCUT2D eigenvalue weighted by Crippen LogP contribution is -2.22. The van der Waals surface area contributed by atoms with E-state index in [1.807, 2.05) is 25.1 Å². The predicted molar refractivity (Wildman–Crippen MR) is 90.5 cm³/mol. The molecule has 1 amide bonds. The topological polar surface area (TPSA) is 104 Å². The molecule has 1 heterocycles. The van der Waals surface area contributed by atoms with Gasteiger partial charge in [-0.05, 0) is 36.8 Å². The summed E-state index contributed by atoms with van der Waals surface area (Å²) in [5.74, 6) is 0.271. The van der Waals surface area contributed by atoms with Crippen molar-refractivity contribution >= 4 is 22.4 Å². The molecule has 122 valence electrons. The molecule has 0 fully saturated rings. The number of ether oxygens (including phenoxy) is 1. The maximum absolute atomic E-state index is 12.0. The average Bonchev–Trinajstić information content (AvgIpc) is 2.58. The van der Waals surface area contributed by atoms with Crippen LogP contribution in [0.15, 0.2) is 52.1 Å². The molecular weight excluding hydrogens is 310 g/mol. The van der Waals surface area contributed by atoms with Crippen molar-refractivity contribution in [2.24, 2.45) is 0 Å². The first-order chi connectivity index (χ1) is 11.5. The number of fused-ring (bicyclic) bond motifs is 1. The second-order valence-corrected chi connectivity index (χ2v) is 5.27. The summed E-state index contributed by atoms with van der Waals surface area (Å²) in [6, 6.07) is 11.9. The molecule has 3 rings (SSSR count). The molecule has 0 saturated heterocycles. The molecule has 0 aliphatic rings. The molecule has 3 N–H and O–H groups in total. The van der Waals surface area contributed by atoms with Crippen molar-refractivity contribution in [1.29, 1.82) is 0 Å². The lowest BCUT2D eigenvalue weighted by molar-refractivity contribution is -0.118. The van der Waals surface area contributed by atoms with E-state index in [1.165, 1.54) is 12.1 Å². The van der Waals surface area contributed by atoms with E-state index in [4.69, 9.17) is 4.74 Å². The third-order valence-corrected chi connectivity index (χ3v) is 3.53. The van der Waals surface area contributed by atoms with Crippen LogP contribution in [-0.2, 0) is 4.79 Å². The summed E-state index contributed by atoms with van der Waals surface area (Å²) in [4.78, 5) is 35.4. The molecule has 0 unspecified atom stereocenters. The highest BCUT2D eigenvalue weighted by atomic mass is 16.5. The standard InChI is InChI=1S/C17H15N3O4/c1-10-4-2-3-5-14(10)24-9-15(21)18-11-6-7-12-13(8-11)17(23)20-19-16(12)22/h2-8H,9H2,1H3,(H,18,21)(H,19,22)(H,20,23). The van der Waals surface area contributed by atoms with E-state index < -0.39 is 11.1 Å². The highest BCUT2D eigenvalue weighted by Gasteiger charge is 2.08. The highest BCUT2D eigenvalue weighted by Crippen LogP contribution is 2.16. The summed E-state index contributed by atoms with van der Waals surface area (Å²) in [5, 5.41) is 7.60. The van der Waals surface area contributed by atoms with Gasteiger partial charge in [-0.25, -0.2) is 0 Å². The van der Waals surface area contributed by atoms with Crippen LogP contribution >= 0.6 is 0 Å². The van der Waals surface area contributed by atoms with E-state index in [1.54, 1.807) is 12.1 Å². The van der Waals surface area contributed by atoms with Crippen molar-refractivity contribution < 1.29 is 9.53 Å². The number of para-hydroxylation sites is 1. The Morgan fingerprint density at radius 1 is 1.04 bits per heavy atom. The van der Waals surface area contributed by atoms with Crippen LogP contribution in [0.25, 0.3) is 10.8 Å². The molecule has 24 heavy (non-hydrogen) atoms. The zero-order chi connectivity index (χ0) is 17.1. The molecule has 3 aromatic rings.